The van der Waals surface area contributed by atoms with E-state index in [1.165, 1.54) is 5.56 Å². The highest BCUT2D eigenvalue weighted by molar-refractivity contribution is 8.00. The summed E-state index contributed by atoms with van der Waals surface area (Å²) in [6.45, 7) is 6.08. The van der Waals surface area contributed by atoms with Crippen molar-refractivity contribution in [1.29, 1.82) is 0 Å². The van der Waals surface area contributed by atoms with Crippen molar-refractivity contribution in [3.8, 4) is 12.3 Å². The second kappa shape index (κ2) is 7.37. The van der Waals surface area contributed by atoms with Crippen molar-refractivity contribution in [2.24, 2.45) is 0 Å². The lowest BCUT2D eigenvalue weighted by Crippen LogP contribution is -2.49. The molecule has 0 spiro atoms. The predicted molar refractivity (Wildman–Crippen MR) is 83.8 cm³/mol. The first kappa shape index (κ1) is 15.0. The molecule has 1 heterocycles. The number of rotatable bonds is 4. The maximum atomic E-state index is 12.2. The van der Waals surface area contributed by atoms with Crippen molar-refractivity contribution >= 4 is 17.7 Å². The number of carbonyl (C=O) groups excluding carboxylic acids is 1. The molecular formula is C16H20N2OS. The Kier molecular flexibility index (Phi) is 5.51. The van der Waals surface area contributed by atoms with Gasteiger partial charge in [-0.1, -0.05) is 23.6 Å². The first-order chi connectivity index (χ1) is 9.69. The molecule has 0 saturated carbocycles. The molecule has 1 aliphatic heterocycles. The van der Waals surface area contributed by atoms with Gasteiger partial charge in [0.15, 0.2) is 0 Å². The second-order valence-electron chi connectivity index (χ2n) is 4.97. The van der Waals surface area contributed by atoms with Crippen LogP contribution in [-0.2, 0) is 4.79 Å². The molecule has 0 unspecified atom stereocenters. The van der Waals surface area contributed by atoms with E-state index in [0.717, 1.165) is 31.1 Å². The molecule has 3 nitrogen and oxygen atoms in total. The average molecular weight is 288 g/mol. The minimum atomic E-state index is 0.219. The van der Waals surface area contributed by atoms with Crippen molar-refractivity contribution in [2.45, 2.75) is 11.8 Å². The van der Waals surface area contributed by atoms with Gasteiger partial charge in [-0.15, -0.1) is 18.2 Å². The normalized spacial score (nSPS) is 15.9. The SMILES string of the molecule is C#CCN1CCN(C(=O)CSc2cccc(C)c2)CC1. The summed E-state index contributed by atoms with van der Waals surface area (Å²) in [5.41, 5.74) is 1.23. The fourth-order valence-electron chi connectivity index (χ4n) is 2.23. The van der Waals surface area contributed by atoms with Crippen LogP contribution in [0.5, 0.6) is 0 Å². The quantitative estimate of drug-likeness (QED) is 0.624. The van der Waals surface area contributed by atoms with Crippen molar-refractivity contribution < 1.29 is 4.79 Å². The number of hydrogen-bond acceptors (Lipinski definition) is 3. The Morgan fingerprint density at radius 1 is 1.35 bits per heavy atom. The summed E-state index contributed by atoms with van der Waals surface area (Å²) < 4.78 is 0. The summed E-state index contributed by atoms with van der Waals surface area (Å²) in [5, 5.41) is 0. The molecule has 1 aliphatic rings. The molecule has 0 aliphatic carbocycles. The summed E-state index contributed by atoms with van der Waals surface area (Å²) in [5.74, 6) is 3.38. The van der Waals surface area contributed by atoms with Gasteiger partial charge in [0.1, 0.15) is 0 Å². The van der Waals surface area contributed by atoms with Crippen LogP contribution < -0.4 is 0 Å². The molecule has 20 heavy (non-hydrogen) atoms. The number of aryl methyl sites for hydroxylation is 1. The molecule has 1 aromatic rings. The summed E-state index contributed by atoms with van der Waals surface area (Å²) in [4.78, 5) is 17.5. The molecule has 1 saturated heterocycles. The highest BCUT2D eigenvalue weighted by Crippen LogP contribution is 2.19. The third-order valence-corrected chi connectivity index (χ3v) is 4.37. The van der Waals surface area contributed by atoms with E-state index in [1.807, 2.05) is 11.0 Å². The number of benzene rings is 1. The standard InChI is InChI=1S/C16H20N2OS/c1-3-7-17-8-10-18(11-9-17)16(19)13-20-15-6-4-5-14(2)12-15/h1,4-6,12H,7-11,13H2,2H3. The molecule has 0 aromatic heterocycles. The topological polar surface area (TPSA) is 23.6 Å². The zero-order valence-electron chi connectivity index (χ0n) is 11.8. The van der Waals surface area contributed by atoms with E-state index < -0.39 is 0 Å². The van der Waals surface area contributed by atoms with Crippen LogP contribution in [0.25, 0.3) is 0 Å². The number of piperazine rings is 1. The Labute approximate surface area is 125 Å². The van der Waals surface area contributed by atoms with Crippen LogP contribution in [0.4, 0.5) is 0 Å². The van der Waals surface area contributed by atoms with E-state index in [1.54, 1.807) is 11.8 Å². The molecular weight excluding hydrogens is 268 g/mol. The maximum absolute atomic E-state index is 12.2. The van der Waals surface area contributed by atoms with E-state index >= 15 is 0 Å². The molecule has 1 amide bonds. The van der Waals surface area contributed by atoms with Gasteiger partial charge < -0.3 is 4.90 Å². The third kappa shape index (κ3) is 4.29. The maximum Gasteiger partial charge on any atom is 0.233 e. The van der Waals surface area contributed by atoms with E-state index in [9.17, 15) is 4.79 Å². The number of hydrogen-bond donors (Lipinski definition) is 0. The van der Waals surface area contributed by atoms with Crippen LogP contribution in [0.1, 0.15) is 5.56 Å². The Morgan fingerprint density at radius 3 is 2.75 bits per heavy atom. The van der Waals surface area contributed by atoms with Crippen molar-refractivity contribution in [3.05, 3.63) is 29.8 Å². The first-order valence-corrected chi connectivity index (χ1v) is 7.80. The summed E-state index contributed by atoms with van der Waals surface area (Å²) >= 11 is 1.61. The van der Waals surface area contributed by atoms with Gasteiger partial charge in [-0.05, 0) is 19.1 Å². The Hall–Kier alpha value is -1.44. The molecule has 4 heteroatoms. The van der Waals surface area contributed by atoms with Gasteiger partial charge in [-0.2, -0.15) is 0 Å². The molecule has 0 bridgehead atoms. The van der Waals surface area contributed by atoms with E-state index in [4.69, 9.17) is 6.42 Å². The molecule has 106 valence electrons. The average Bonchev–Trinajstić information content (AvgIpc) is 2.46. The minimum absolute atomic E-state index is 0.219. The van der Waals surface area contributed by atoms with Gasteiger partial charge >= 0.3 is 0 Å². The molecule has 0 atom stereocenters. The Morgan fingerprint density at radius 2 is 2.10 bits per heavy atom. The first-order valence-electron chi connectivity index (χ1n) is 6.82. The fourth-order valence-corrected chi connectivity index (χ4v) is 3.14. The van der Waals surface area contributed by atoms with Crippen LogP contribution in [0.3, 0.4) is 0 Å². The van der Waals surface area contributed by atoms with Gasteiger partial charge in [0.2, 0.25) is 5.91 Å². The molecule has 0 radical (unpaired) electrons. The van der Waals surface area contributed by atoms with Crippen molar-refractivity contribution in [2.75, 3.05) is 38.5 Å². The highest BCUT2D eigenvalue weighted by atomic mass is 32.2. The van der Waals surface area contributed by atoms with E-state index in [-0.39, 0.29) is 5.91 Å². The van der Waals surface area contributed by atoms with Gasteiger partial charge in [-0.25, -0.2) is 0 Å². The number of nitrogens with zero attached hydrogens (tertiary/aromatic N) is 2. The van der Waals surface area contributed by atoms with Gasteiger partial charge in [-0.3, -0.25) is 9.69 Å². The molecule has 0 N–H and O–H groups in total. The zero-order valence-corrected chi connectivity index (χ0v) is 12.7. The number of amides is 1. The molecule has 2 rings (SSSR count). The van der Waals surface area contributed by atoms with Gasteiger partial charge in [0.25, 0.3) is 0 Å². The van der Waals surface area contributed by atoms with Crippen molar-refractivity contribution in [1.82, 2.24) is 9.80 Å². The number of terminal acetylenes is 1. The molecule has 1 fully saturated rings. The highest BCUT2D eigenvalue weighted by Gasteiger charge is 2.20. The van der Waals surface area contributed by atoms with Gasteiger partial charge in [0.05, 0.1) is 12.3 Å². The van der Waals surface area contributed by atoms with Crippen LogP contribution in [0, 0.1) is 19.3 Å². The Balaban J connectivity index is 1.77. The lowest BCUT2D eigenvalue weighted by molar-refractivity contribution is -0.129. The summed E-state index contributed by atoms with van der Waals surface area (Å²) in [7, 11) is 0. The largest absolute Gasteiger partial charge is 0.339 e. The predicted octanol–water partition coefficient (Wildman–Crippen LogP) is 1.86. The second-order valence-corrected chi connectivity index (χ2v) is 6.01. The number of carbonyl (C=O) groups is 1. The smallest absolute Gasteiger partial charge is 0.233 e. The fraction of sp³-hybridized carbons (Fsp3) is 0.438. The molecule has 1 aromatic carbocycles. The lowest BCUT2D eigenvalue weighted by Gasteiger charge is -2.33. The zero-order chi connectivity index (χ0) is 14.4. The summed E-state index contributed by atoms with van der Waals surface area (Å²) in [6.07, 6.45) is 5.30. The third-order valence-electron chi connectivity index (χ3n) is 3.39. The van der Waals surface area contributed by atoms with Crippen molar-refractivity contribution in [3.63, 3.8) is 0 Å². The van der Waals surface area contributed by atoms with Crippen LogP contribution in [0.15, 0.2) is 29.2 Å². The monoisotopic (exact) mass is 288 g/mol. The Bertz CT molecular complexity index is 501. The lowest BCUT2D eigenvalue weighted by atomic mass is 10.2. The van der Waals surface area contributed by atoms with E-state index in [2.05, 4.69) is 35.9 Å². The van der Waals surface area contributed by atoms with E-state index in [0.29, 0.717) is 12.3 Å². The van der Waals surface area contributed by atoms with Gasteiger partial charge in [0, 0.05) is 31.1 Å². The van der Waals surface area contributed by atoms with Crippen LogP contribution in [0.2, 0.25) is 0 Å². The number of thioether (sulfide) groups is 1. The van der Waals surface area contributed by atoms with Crippen LogP contribution in [-0.4, -0.2) is 54.2 Å². The van der Waals surface area contributed by atoms with Crippen LogP contribution >= 0.6 is 11.8 Å². The minimum Gasteiger partial charge on any atom is -0.339 e. The summed E-state index contributed by atoms with van der Waals surface area (Å²) in [6, 6.07) is 8.26.